The van der Waals surface area contributed by atoms with Crippen molar-refractivity contribution in [3.8, 4) is 0 Å². The van der Waals surface area contributed by atoms with Gasteiger partial charge >= 0.3 is 6.18 Å². The van der Waals surface area contributed by atoms with Gasteiger partial charge in [-0.25, -0.2) is 13.8 Å². The molecular formula is C8H4Br2F5N. The first-order valence-electron chi connectivity index (χ1n) is 3.87. The highest BCUT2D eigenvalue weighted by atomic mass is 79.9. The zero-order valence-electron chi connectivity index (χ0n) is 7.45. The average molecular weight is 369 g/mol. The maximum absolute atomic E-state index is 12.6. The number of hydrogen-bond donors (Lipinski definition) is 0. The number of aromatic nitrogens is 1. The molecule has 0 aromatic carbocycles. The molecule has 0 aliphatic heterocycles. The quantitative estimate of drug-likeness (QED) is 0.419. The lowest BCUT2D eigenvalue weighted by atomic mass is 10.1. The molecule has 1 aromatic heterocycles. The van der Waals surface area contributed by atoms with Crippen molar-refractivity contribution in [3.05, 3.63) is 27.5 Å². The molecule has 1 heterocycles. The molecule has 0 N–H and O–H groups in total. The van der Waals surface area contributed by atoms with Crippen LogP contribution in [0.1, 0.15) is 23.1 Å². The third kappa shape index (κ3) is 2.71. The zero-order chi connectivity index (χ0) is 12.5. The molecule has 0 saturated carbocycles. The number of pyridine rings is 1. The second kappa shape index (κ2) is 4.95. The van der Waals surface area contributed by atoms with E-state index in [2.05, 4.69) is 36.8 Å². The first kappa shape index (κ1) is 13.8. The molecule has 16 heavy (non-hydrogen) atoms. The van der Waals surface area contributed by atoms with Gasteiger partial charge in [0.05, 0.1) is 5.56 Å². The minimum Gasteiger partial charge on any atom is -0.248 e. The van der Waals surface area contributed by atoms with Gasteiger partial charge in [-0.3, -0.25) is 0 Å². The van der Waals surface area contributed by atoms with Crippen molar-refractivity contribution in [2.75, 3.05) is 0 Å². The highest BCUT2D eigenvalue weighted by Gasteiger charge is 2.39. The Morgan fingerprint density at radius 1 is 1.31 bits per heavy atom. The van der Waals surface area contributed by atoms with Gasteiger partial charge in [0.1, 0.15) is 4.60 Å². The summed E-state index contributed by atoms with van der Waals surface area (Å²) in [5.41, 5.74) is -2.63. The van der Waals surface area contributed by atoms with Crippen LogP contribution in [-0.2, 0) is 11.5 Å². The van der Waals surface area contributed by atoms with E-state index in [9.17, 15) is 22.0 Å². The lowest BCUT2D eigenvalue weighted by Gasteiger charge is -2.16. The molecule has 0 fully saturated rings. The molecular weight excluding hydrogens is 365 g/mol. The van der Waals surface area contributed by atoms with Crippen molar-refractivity contribution in [1.29, 1.82) is 0 Å². The third-order valence-electron chi connectivity index (χ3n) is 1.80. The van der Waals surface area contributed by atoms with Crippen LogP contribution in [0.2, 0.25) is 0 Å². The average Bonchev–Trinajstić information content (AvgIpc) is 2.15. The van der Waals surface area contributed by atoms with Gasteiger partial charge in [-0.2, -0.15) is 13.2 Å². The van der Waals surface area contributed by atoms with Crippen LogP contribution < -0.4 is 0 Å². The van der Waals surface area contributed by atoms with Crippen LogP contribution in [0.4, 0.5) is 22.0 Å². The zero-order valence-corrected chi connectivity index (χ0v) is 10.6. The Balaban J connectivity index is 3.55. The lowest BCUT2D eigenvalue weighted by Crippen LogP contribution is -2.13. The molecule has 1 aromatic rings. The Morgan fingerprint density at radius 3 is 2.25 bits per heavy atom. The van der Waals surface area contributed by atoms with Gasteiger partial charge in [0.15, 0.2) is 0 Å². The van der Waals surface area contributed by atoms with E-state index in [1.807, 2.05) is 0 Å². The second-order valence-electron chi connectivity index (χ2n) is 2.80. The van der Waals surface area contributed by atoms with Crippen molar-refractivity contribution in [2.24, 2.45) is 0 Å². The topological polar surface area (TPSA) is 12.9 Å². The molecule has 1 nitrogen and oxygen atoms in total. The third-order valence-corrected chi connectivity index (χ3v) is 3.01. The molecule has 90 valence electrons. The summed E-state index contributed by atoms with van der Waals surface area (Å²) in [5.74, 6) is 0. The SMILES string of the molecule is FC(F)c1c(CBr)cnc(Br)c1C(F)(F)F. The maximum Gasteiger partial charge on any atom is 0.419 e. The standard InChI is InChI=1S/C8H4Br2F5N/c9-1-3-2-16-6(10)5(8(13,14)15)4(3)7(11)12/h2,7H,1H2. The molecule has 0 saturated heterocycles. The van der Waals surface area contributed by atoms with E-state index in [4.69, 9.17) is 0 Å². The molecule has 0 amide bonds. The second-order valence-corrected chi connectivity index (χ2v) is 4.11. The number of alkyl halides is 6. The van der Waals surface area contributed by atoms with Crippen LogP contribution in [0.5, 0.6) is 0 Å². The van der Waals surface area contributed by atoms with Crippen molar-refractivity contribution in [1.82, 2.24) is 4.98 Å². The van der Waals surface area contributed by atoms with E-state index in [1.165, 1.54) is 0 Å². The summed E-state index contributed by atoms with van der Waals surface area (Å²) in [6.45, 7) is 0. The molecule has 1 rings (SSSR count). The summed E-state index contributed by atoms with van der Waals surface area (Å²) < 4.78 is 62.3. The van der Waals surface area contributed by atoms with E-state index in [0.29, 0.717) is 0 Å². The number of hydrogen-bond acceptors (Lipinski definition) is 1. The van der Waals surface area contributed by atoms with Gasteiger partial charge in [0.25, 0.3) is 6.43 Å². The highest BCUT2D eigenvalue weighted by molar-refractivity contribution is 9.10. The monoisotopic (exact) mass is 367 g/mol. The normalized spacial score (nSPS) is 12.2. The molecule has 0 atom stereocenters. The first-order chi connectivity index (χ1) is 7.29. The Kier molecular flexibility index (Phi) is 4.28. The molecule has 0 spiro atoms. The fourth-order valence-electron chi connectivity index (χ4n) is 1.17. The smallest absolute Gasteiger partial charge is 0.248 e. The lowest BCUT2D eigenvalue weighted by molar-refractivity contribution is -0.140. The van der Waals surface area contributed by atoms with Gasteiger partial charge in [-0.15, -0.1) is 0 Å². The van der Waals surface area contributed by atoms with E-state index < -0.39 is 28.3 Å². The predicted molar refractivity (Wildman–Crippen MR) is 54.5 cm³/mol. The van der Waals surface area contributed by atoms with Crippen LogP contribution in [0.3, 0.4) is 0 Å². The van der Waals surface area contributed by atoms with Crippen LogP contribution >= 0.6 is 31.9 Å². The van der Waals surface area contributed by atoms with Gasteiger partial charge in [0.2, 0.25) is 0 Å². The van der Waals surface area contributed by atoms with Crippen LogP contribution in [0, 0.1) is 0 Å². The Bertz CT molecular complexity index is 391. The van der Waals surface area contributed by atoms with E-state index in [1.54, 1.807) is 0 Å². The fraction of sp³-hybridized carbons (Fsp3) is 0.375. The molecule has 0 radical (unpaired) electrons. The Hall–Kier alpha value is -0.240. The van der Waals surface area contributed by atoms with Crippen molar-refractivity contribution >= 4 is 31.9 Å². The van der Waals surface area contributed by atoms with Crippen LogP contribution in [-0.4, -0.2) is 4.98 Å². The van der Waals surface area contributed by atoms with Crippen LogP contribution in [0.15, 0.2) is 10.8 Å². The minimum atomic E-state index is -4.87. The molecule has 0 aliphatic carbocycles. The van der Waals surface area contributed by atoms with E-state index in [0.717, 1.165) is 6.20 Å². The number of halogens is 7. The highest BCUT2D eigenvalue weighted by Crippen LogP contribution is 2.41. The Morgan fingerprint density at radius 2 is 1.88 bits per heavy atom. The molecule has 0 bridgehead atoms. The summed E-state index contributed by atoms with van der Waals surface area (Å²) in [6.07, 6.45) is -7.09. The summed E-state index contributed by atoms with van der Waals surface area (Å²) in [5, 5.41) is -0.115. The molecule has 0 aliphatic rings. The van der Waals surface area contributed by atoms with E-state index in [-0.39, 0.29) is 10.9 Å². The number of rotatable bonds is 2. The Labute approximate surface area is 104 Å². The van der Waals surface area contributed by atoms with Gasteiger partial charge in [0, 0.05) is 17.1 Å². The van der Waals surface area contributed by atoms with Crippen molar-refractivity contribution < 1.29 is 22.0 Å². The largest absolute Gasteiger partial charge is 0.419 e. The number of nitrogens with zero attached hydrogens (tertiary/aromatic N) is 1. The summed E-state index contributed by atoms with van der Waals surface area (Å²) >= 11 is 5.38. The summed E-state index contributed by atoms with van der Waals surface area (Å²) in [4.78, 5) is 3.39. The first-order valence-corrected chi connectivity index (χ1v) is 5.79. The molecule has 8 heteroatoms. The molecule has 0 unspecified atom stereocenters. The maximum atomic E-state index is 12.6. The van der Waals surface area contributed by atoms with E-state index >= 15 is 0 Å². The summed E-state index contributed by atoms with van der Waals surface area (Å²) in [7, 11) is 0. The van der Waals surface area contributed by atoms with Gasteiger partial charge in [-0.05, 0) is 21.5 Å². The van der Waals surface area contributed by atoms with Crippen molar-refractivity contribution in [3.63, 3.8) is 0 Å². The summed E-state index contributed by atoms with van der Waals surface area (Å²) in [6, 6.07) is 0. The minimum absolute atomic E-state index is 0.115. The van der Waals surface area contributed by atoms with Gasteiger partial charge in [-0.1, -0.05) is 15.9 Å². The fourth-order valence-corrected chi connectivity index (χ4v) is 2.15. The predicted octanol–water partition coefficient (Wildman–Crippen LogP) is 4.70. The van der Waals surface area contributed by atoms with Gasteiger partial charge < -0.3 is 0 Å². The van der Waals surface area contributed by atoms with Crippen molar-refractivity contribution in [2.45, 2.75) is 17.9 Å². The van der Waals surface area contributed by atoms with Crippen LogP contribution in [0.25, 0.3) is 0 Å².